The lowest BCUT2D eigenvalue weighted by Gasteiger charge is -2.09. The molecule has 3 heterocycles. The zero-order valence-corrected chi connectivity index (χ0v) is 14.0. The molecule has 2 aliphatic rings. The van der Waals surface area contributed by atoms with Gasteiger partial charge in [-0.2, -0.15) is 0 Å². The van der Waals surface area contributed by atoms with Crippen molar-refractivity contribution < 1.29 is 0 Å². The van der Waals surface area contributed by atoms with Crippen molar-refractivity contribution in [3.8, 4) is 5.69 Å². The molecule has 0 radical (unpaired) electrons. The highest BCUT2D eigenvalue weighted by molar-refractivity contribution is 9.11. The summed E-state index contributed by atoms with van der Waals surface area (Å²) < 4.78 is 2.75. The Hall–Kier alpha value is -2.31. The Morgan fingerprint density at radius 1 is 1.13 bits per heavy atom. The third-order valence-corrected chi connectivity index (χ3v) is 4.66. The van der Waals surface area contributed by atoms with Crippen LogP contribution in [0.25, 0.3) is 22.4 Å². The SMILES string of the molecule is Clc1cc(-n2nnc3ccccc32)ccc1C1=C2C=C(Br)NN21. The van der Waals surface area contributed by atoms with E-state index in [-0.39, 0.29) is 0 Å². The van der Waals surface area contributed by atoms with Crippen molar-refractivity contribution >= 4 is 44.3 Å². The Morgan fingerprint density at radius 2 is 2.00 bits per heavy atom. The topological polar surface area (TPSA) is 45.8 Å². The molecule has 7 heteroatoms. The van der Waals surface area contributed by atoms with Crippen LogP contribution in [-0.2, 0) is 0 Å². The first-order valence-electron chi connectivity index (χ1n) is 7.01. The highest BCUT2D eigenvalue weighted by atomic mass is 79.9. The van der Waals surface area contributed by atoms with E-state index < -0.39 is 0 Å². The molecule has 23 heavy (non-hydrogen) atoms. The average molecular weight is 387 g/mol. The molecule has 2 aromatic carbocycles. The zero-order valence-electron chi connectivity index (χ0n) is 11.7. The maximum Gasteiger partial charge on any atom is 0.113 e. The van der Waals surface area contributed by atoms with Gasteiger partial charge in [0.1, 0.15) is 5.52 Å². The number of para-hydroxylation sites is 1. The number of aromatic nitrogens is 3. The Morgan fingerprint density at radius 3 is 2.78 bits per heavy atom. The number of nitrogens with one attached hydrogen (secondary N) is 1. The van der Waals surface area contributed by atoms with Crippen molar-refractivity contribution in [2.45, 2.75) is 0 Å². The van der Waals surface area contributed by atoms with Crippen LogP contribution >= 0.6 is 27.5 Å². The largest absolute Gasteiger partial charge is 0.287 e. The van der Waals surface area contributed by atoms with Crippen molar-refractivity contribution in [2.24, 2.45) is 0 Å². The number of hydrazine groups is 1. The van der Waals surface area contributed by atoms with Gasteiger partial charge in [0, 0.05) is 5.56 Å². The van der Waals surface area contributed by atoms with Gasteiger partial charge in [0.25, 0.3) is 0 Å². The molecular formula is C16H9BrClN5. The normalized spacial score (nSPS) is 15.7. The number of allylic oxidation sites excluding steroid dienone is 1. The van der Waals surface area contributed by atoms with Crippen LogP contribution in [0, 0.1) is 0 Å². The molecule has 112 valence electrons. The van der Waals surface area contributed by atoms with Crippen LogP contribution in [0.1, 0.15) is 5.56 Å². The maximum absolute atomic E-state index is 6.50. The van der Waals surface area contributed by atoms with E-state index >= 15 is 0 Å². The monoisotopic (exact) mass is 385 g/mol. The molecule has 0 saturated heterocycles. The summed E-state index contributed by atoms with van der Waals surface area (Å²) in [4.78, 5) is 0. The Kier molecular flexibility index (Phi) is 2.63. The summed E-state index contributed by atoms with van der Waals surface area (Å²) in [7, 11) is 0. The highest BCUT2D eigenvalue weighted by Gasteiger charge is 2.39. The lowest BCUT2D eigenvalue weighted by molar-refractivity contribution is 0.539. The van der Waals surface area contributed by atoms with Crippen molar-refractivity contribution in [3.05, 3.63) is 69.4 Å². The molecule has 5 nitrogen and oxygen atoms in total. The van der Waals surface area contributed by atoms with Crippen LogP contribution in [0.15, 0.2) is 58.8 Å². The molecule has 0 saturated carbocycles. The van der Waals surface area contributed by atoms with E-state index in [0.717, 1.165) is 38.3 Å². The van der Waals surface area contributed by atoms with Gasteiger partial charge in [-0.1, -0.05) is 28.9 Å². The number of nitrogens with zero attached hydrogens (tertiary/aromatic N) is 4. The van der Waals surface area contributed by atoms with E-state index in [2.05, 4.69) is 31.7 Å². The summed E-state index contributed by atoms with van der Waals surface area (Å²) in [6.07, 6.45) is 2.03. The Bertz CT molecular complexity index is 1040. The summed E-state index contributed by atoms with van der Waals surface area (Å²) in [5.41, 5.74) is 9.13. The van der Waals surface area contributed by atoms with Crippen LogP contribution < -0.4 is 5.43 Å². The fourth-order valence-electron chi connectivity index (χ4n) is 2.83. The number of benzene rings is 2. The predicted molar refractivity (Wildman–Crippen MR) is 92.8 cm³/mol. The molecule has 0 bridgehead atoms. The lowest BCUT2D eigenvalue weighted by Crippen LogP contribution is -2.15. The van der Waals surface area contributed by atoms with Gasteiger partial charge in [0.05, 0.1) is 32.2 Å². The first-order chi connectivity index (χ1) is 11.2. The van der Waals surface area contributed by atoms with E-state index in [1.165, 1.54) is 0 Å². The molecule has 0 unspecified atom stereocenters. The van der Waals surface area contributed by atoms with Crippen molar-refractivity contribution in [1.29, 1.82) is 0 Å². The molecule has 0 aliphatic carbocycles. The van der Waals surface area contributed by atoms with Gasteiger partial charge in [-0.3, -0.25) is 10.4 Å². The maximum atomic E-state index is 6.50. The molecule has 2 aliphatic heterocycles. The molecule has 5 rings (SSSR count). The number of halogens is 2. The van der Waals surface area contributed by atoms with Gasteiger partial charge in [-0.25, -0.2) is 4.68 Å². The number of hydrogen-bond donors (Lipinski definition) is 1. The lowest BCUT2D eigenvalue weighted by atomic mass is 10.1. The Balaban J connectivity index is 1.58. The van der Waals surface area contributed by atoms with Gasteiger partial charge in [-0.15, -0.1) is 5.10 Å². The van der Waals surface area contributed by atoms with E-state index in [1.807, 2.05) is 53.5 Å². The third-order valence-electron chi connectivity index (χ3n) is 3.94. The van der Waals surface area contributed by atoms with Gasteiger partial charge in [0.2, 0.25) is 0 Å². The quantitative estimate of drug-likeness (QED) is 0.680. The highest BCUT2D eigenvalue weighted by Crippen LogP contribution is 2.46. The minimum absolute atomic E-state index is 0.685. The molecule has 0 amide bonds. The molecular weight excluding hydrogens is 378 g/mol. The summed E-state index contributed by atoms with van der Waals surface area (Å²) in [5, 5.41) is 11.1. The standard InChI is InChI=1S/C16H9BrClN5/c17-15-8-14-16(23(14)20-15)10-6-5-9(7-11(10)18)22-13-4-2-1-3-12(13)19-21-22/h1-8,20H. The van der Waals surface area contributed by atoms with Crippen LogP contribution in [0.4, 0.5) is 0 Å². The number of fused-ring (bicyclic) bond motifs is 2. The molecule has 3 aromatic rings. The van der Waals surface area contributed by atoms with E-state index in [9.17, 15) is 0 Å². The van der Waals surface area contributed by atoms with Crippen LogP contribution in [0.3, 0.4) is 0 Å². The van der Waals surface area contributed by atoms with E-state index in [0.29, 0.717) is 5.02 Å². The second-order valence-electron chi connectivity index (χ2n) is 5.33. The van der Waals surface area contributed by atoms with E-state index in [1.54, 1.807) is 4.68 Å². The molecule has 0 atom stereocenters. The summed E-state index contributed by atoms with van der Waals surface area (Å²) in [5.74, 6) is 0. The Labute approximate surface area is 144 Å². The van der Waals surface area contributed by atoms with Crippen LogP contribution in [-0.4, -0.2) is 20.0 Å². The van der Waals surface area contributed by atoms with Gasteiger partial charge in [0.15, 0.2) is 0 Å². The smallest absolute Gasteiger partial charge is 0.113 e. The number of rotatable bonds is 2. The van der Waals surface area contributed by atoms with Crippen molar-refractivity contribution in [1.82, 2.24) is 25.4 Å². The molecule has 0 fully saturated rings. The molecule has 0 spiro atoms. The first kappa shape index (κ1) is 13.2. The first-order valence-corrected chi connectivity index (χ1v) is 8.18. The molecule has 1 N–H and O–H groups in total. The van der Waals surface area contributed by atoms with Gasteiger partial charge in [-0.05, 0) is 52.3 Å². The van der Waals surface area contributed by atoms with Crippen molar-refractivity contribution in [2.75, 3.05) is 0 Å². The van der Waals surface area contributed by atoms with Crippen molar-refractivity contribution in [3.63, 3.8) is 0 Å². The predicted octanol–water partition coefficient (Wildman–Crippen LogP) is 3.81. The third kappa shape index (κ3) is 1.92. The van der Waals surface area contributed by atoms with Crippen LogP contribution in [0.2, 0.25) is 5.02 Å². The average Bonchev–Trinajstić information content (AvgIpc) is 2.91. The minimum Gasteiger partial charge on any atom is -0.287 e. The van der Waals surface area contributed by atoms with Crippen LogP contribution in [0.5, 0.6) is 0 Å². The minimum atomic E-state index is 0.685. The second-order valence-corrected chi connectivity index (χ2v) is 6.59. The second kappa shape index (κ2) is 4.59. The summed E-state index contributed by atoms with van der Waals surface area (Å²) in [6.45, 7) is 0. The number of hydrogen-bond acceptors (Lipinski definition) is 4. The fraction of sp³-hybridized carbons (Fsp3) is 0. The summed E-state index contributed by atoms with van der Waals surface area (Å²) in [6, 6.07) is 13.8. The fourth-order valence-corrected chi connectivity index (χ4v) is 3.49. The molecule has 1 aromatic heterocycles. The zero-order chi connectivity index (χ0) is 15.6. The van der Waals surface area contributed by atoms with Gasteiger partial charge >= 0.3 is 0 Å². The van der Waals surface area contributed by atoms with E-state index in [4.69, 9.17) is 11.6 Å². The summed E-state index contributed by atoms with van der Waals surface area (Å²) >= 11 is 9.91. The van der Waals surface area contributed by atoms with Gasteiger partial charge < -0.3 is 0 Å².